The molecule has 0 aliphatic heterocycles. The van der Waals surface area contributed by atoms with Gasteiger partial charge in [-0.2, -0.15) is 0 Å². The molecular formula is C13H16N2O2S. The Balaban J connectivity index is 2.15. The Bertz CT molecular complexity index is 590. The predicted molar refractivity (Wildman–Crippen MR) is 72.9 cm³/mol. The van der Waals surface area contributed by atoms with Crippen molar-refractivity contribution in [3.05, 3.63) is 24.5 Å². The van der Waals surface area contributed by atoms with E-state index in [0.29, 0.717) is 5.75 Å². The van der Waals surface area contributed by atoms with E-state index in [4.69, 9.17) is 5.11 Å². The fourth-order valence-corrected chi connectivity index (χ4v) is 2.54. The second-order valence-corrected chi connectivity index (χ2v) is 6.03. The number of fused-ring (bicyclic) bond motifs is 1. The number of aliphatic carboxylic acids is 1. The first-order valence-corrected chi connectivity index (χ1v) is 6.66. The van der Waals surface area contributed by atoms with Crippen molar-refractivity contribution in [1.82, 2.24) is 9.55 Å². The van der Waals surface area contributed by atoms with Gasteiger partial charge in [0.2, 0.25) is 0 Å². The van der Waals surface area contributed by atoms with Gasteiger partial charge in [-0.1, -0.05) is 0 Å². The zero-order valence-electron chi connectivity index (χ0n) is 10.7. The van der Waals surface area contributed by atoms with E-state index < -0.39 is 11.4 Å². The second kappa shape index (κ2) is 4.65. The van der Waals surface area contributed by atoms with Crippen LogP contribution in [-0.2, 0) is 11.8 Å². The van der Waals surface area contributed by atoms with Gasteiger partial charge in [-0.05, 0) is 32.0 Å². The van der Waals surface area contributed by atoms with Crippen molar-refractivity contribution in [3.63, 3.8) is 0 Å². The van der Waals surface area contributed by atoms with E-state index in [0.717, 1.165) is 15.9 Å². The van der Waals surface area contributed by atoms with E-state index in [-0.39, 0.29) is 0 Å². The first-order valence-electron chi connectivity index (χ1n) is 5.67. The van der Waals surface area contributed by atoms with E-state index in [1.165, 1.54) is 0 Å². The molecule has 0 radical (unpaired) electrons. The first kappa shape index (κ1) is 13.0. The molecule has 5 heteroatoms. The Hall–Kier alpha value is -1.49. The van der Waals surface area contributed by atoms with Gasteiger partial charge in [-0.25, -0.2) is 4.98 Å². The van der Waals surface area contributed by atoms with E-state index in [1.54, 1.807) is 31.9 Å². The van der Waals surface area contributed by atoms with Crippen LogP contribution in [-0.4, -0.2) is 26.4 Å². The molecule has 0 spiro atoms. The van der Waals surface area contributed by atoms with Crippen LogP contribution in [0.3, 0.4) is 0 Å². The van der Waals surface area contributed by atoms with Crippen LogP contribution in [0.4, 0.5) is 0 Å². The lowest BCUT2D eigenvalue weighted by Gasteiger charge is -2.18. The van der Waals surface area contributed by atoms with Crippen molar-refractivity contribution in [1.29, 1.82) is 0 Å². The average Bonchev–Trinajstić information content (AvgIpc) is 2.68. The zero-order chi connectivity index (χ0) is 13.3. The Morgan fingerprint density at radius 2 is 2.22 bits per heavy atom. The lowest BCUT2D eigenvalue weighted by Crippen LogP contribution is -2.26. The van der Waals surface area contributed by atoms with E-state index in [1.807, 2.05) is 29.8 Å². The molecule has 1 N–H and O–H groups in total. The Morgan fingerprint density at radius 1 is 1.50 bits per heavy atom. The minimum atomic E-state index is -0.770. The molecular weight excluding hydrogens is 248 g/mol. The van der Waals surface area contributed by atoms with Gasteiger partial charge >= 0.3 is 5.97 Å². The second-order valence-electron chi connectivity index (χ2n) is 4.98. The molecule has 4 nitrogen and oxygen atoms in total. The molecule has 0 fully saturated rings. The van der Waals surface area contributed by atoms with Gasteiger partial charge in [0, 0.05) is 17.7 Å². The number of imidazole rings is 1. The van der Waals surface area contributed by atoms with Crippen LogP contribution in [0.25, 0.3) is 11.0 Å². The van der Waals surface area contributed by atoms with Crippen molar-refractivity contribution in [2.45, 2.75) is 18.7 Å². The molecule has 0 saturated carbocycles. The number of aromatic nitrogens is 2. The number of rotatable bonds is 4. The van der Waals surface area contributed by atoms with Gasteiger partial charge in [-0.15, -0.1) is 11.8 Å². The van der Waals surface area contributed by atoms with Crippen LogP contribution in [0.15, 0.2) is 29.4 Å². The largest absolute Gasteiger partial charge is 0.481 e. The monoisotopic (exact) mass is 264 g/mol. The maximum Gasteiger partial charge on any atom is 0.309 e. The highest BCUT2D eigenvalue weighted by Gasteiger charge is 2.27. The van der Waals surface area contributed by atoms with Gasteiger partial charge < -0.3 is 9.67 Å². The fourth-order valence-electron chi connectivity index (χ4n) is 1.53. The van der Waals surface area contributed by atoms with Crippen molar-refractivity contribution in [3.8, 4) is 0 Å². The number of thioether (sulfide) groups is 1. The number of hydrogen-bond acceptors (Lipinski definition) is 3. The normalized spacial score (nSPS) is 11.9. The van der Waals surface area contributed by atoms with E-state index >= 15 is 0 Å². The molecule has 96 valence electrons. The SMILES string of the molecule is Cn1cnc2cc(SCC(C)(C)C(=O)O)ccc21. The summed E-state index contributed by atoms with van der Waals surface area (Å²) in [5.41, 5.74) is 1.30. The number of hydrogen-bond donors (Lipinski definition) is 1. The number of carboxylic acid groups (broad SMARTS) is 1. The number of aryl methyl sites for hydroxylation is 1. The van der Waals surface area contributed by atoms with Crippen molar-refractivity contribution < 1.29 is 9.90 Å². The molecule has 1 aromatic carbocycles. The summed E-state index contributed by atoms with van der Waals surface area (Å²) in [6.07, 6.45) is 1.78. The molecule has 0 aliphatic carbocycles. The van der Waals surface area contributed by atoms with Gasteiger partial charge in [0.1, 0.15) is 0 Å². The molecule has 0 atom stereocenters. The summed E-state index contributed by atoms with van der Waals surface area (Å²) in [4.78, 5) is 16.4. The lowest BCUT2D eigenvalue weighted by atomic mass is 9.97. The molecule has 2 aromatic rings. The molecule has 18 heavy (non-hydrogen) atoms. The average molecular weight is 264 g/mol. The summed E-state index contributed by atoms with van der Waals surface area (Å²) < 4.78 is 1.96. The van der Waals surface area contributed by atoms with Crippen LogP contribution < -0.4 is 0 Å². The topological polar surface area (TPSA) is 55.1 Å². The molecule has 1 aromatic heterocycles. The summed E-state index contributed by atoms with van der Waals surface area (Å²) in [6.45, 7) is 3.48. The number of nitrogens with zero attached hydrogens (tertiary/aromatic N) is 2. The molecule has 0 amide bonds. The fraction of sp³-hybridized carbons (Fsp3) is 0.385. The molecule has 0 aliphatic rings. The number of carbonyl (C=O) groups is 1. The third kappa shape index (κ3) is 2.51. The van der Waals surface area contributed by atoms with Crippen molar-refractivity contribution in [2.75, 3.05) is 5.75 Å². The molecule has 0 unspecified atom stereocenters. The third-order valence-electron chi connectivity index (χ3n) is 2.88. The summed E-state index contributed by atoms with van der Waals surface area (Å²) in [7, 11) is 1.95. The Kier molecular flexibility index (Phi) is 3.34. The lowest BCUT2D eigenvalue weighted by molar-refractivity contribution is -0.145. The highest BCUT2D eigenvalue weighted by atomic mass is 32.2. The van der Waals surface area contributed by atoms with E-state index in [9.17, 15) is 4.79 Å². The Morgan fingerprint density at radius 3 is 2.89 bits per heavy atom. The van der Waals surface area contributed by atoms with E-state index in [2.05, 4.69) is 4.98 Å². The van der Waals surface area contributed by atoms with Gasteiger partial charge in [0.05, 0.1) is 22.8 Å². The summed E-state index contributed by atoms with van der Waals surface area (Å²) in [5.74, 6) is -0.227. The summed E-state index contributed by atoms with van der Waals surface area (Å²) in [5, 5.41) is 9.07. The van der Waals surface area contributed by atoms with Gasteiger partial charge in [0.25, 0.3) is 0 Å². The van der Waals surface area contributed by atoms with Gasteiger partial charge in [-0.3, -0.25) is 4.79 Å². The minimum absolute atomic E-state index is 0.542. The van der Waals surface area contributed by atoms with Gasteiger partial charge in [0.15, 0.2) is 0 Å². The number of benzene rings is 1. The highest BCUT2D eigenvalue weighted by molar-refractivity contribution is 7.99. The summed E-state index contributed by atoms with van der Waals surface area (Å²) in [6, 6.07) is 6.02. The quantitative estimate of drug-likeness (QED) is 0.863. The zero-order valence-corrected chi connectivity index (χ0v) is 11.5. The van der Waals surface area contributed by atoms with Crippen LogP contribution in [0.2, 0.25) is 0 Å². The molecule has 0 saturated heterocycles. The van der Waals surface area contributed by atoms with Crippen molar-refractivity contribution >= 4 is 28.8 Å². The molecule has 1 heterocycles. The van der Waals surface area contributed by atoms with Crippen LogP contribution >= 0.6 is 11.8 Å². The summed E-state index contributed by atoms with van der Waals surface area (Å²) >= 11 is 1.55. The maximum atomic E-state index is 11.0. The van der Waals surface area contributed by atoms with Crippen LogP contribution in [0.5, 0.6) is 0 Å². The smallest absolute Gasteiger partial charge is 0.309 e. The molecule has 0 bridgehead atoms. The predicted octanol–water partition coefficient (Wildman–Crippen LogP) is 2.78. The minimum Gasteiger partial charge on any atom is -0.481 e. The van der Waals surface area contributed by atoms with Crippen molar-refractivity contribution in [2.24, 2.45) is 12.5 Å². The Labute approximate surface area is 110 Å². The highest BCUT2D eigenvalue weighted by Crippen LogP contribution is 2.29. The third-order valence-corrected chi connectivity index (χ3v) is 4.33. The van der Waals surface area contributed by atoms with Crippen LogP contribution in [0.1, 0.15) is 13.8 Å². The molecule has 2 rings (SSSR count). The first-order chi connectivity index (χ1) is 8.40. The standard InChI is InChI=1S/C13H16N2O2S/c1-13(2,12(16)17)7-18-9-4-5-11-10(6-9)14-8-15(11)3/h4-6,8H,7H2,1-3H3,(H,16,17). The number of carboxylic acids is 1. The van der Waals surface area contributed by atoms with Crippen LogP contribution in [0, 0.1) is 5.41 Å². The maximum absolute atomic E-state index is 11.0.